The molecular weight excluding hydrogens is 519 g/mol. The molecule has 0 amide bonds. The second-order valence-corrected chi connectivity index (χ2v) is 10.4. The van der Waals surface area contributed by atoms with Crippen molar-refractivity contribution in [3.05, 3.63) is 71.2 Å². The number of halogens is 1. The highest BCUT2D eigenvalue weighted by atomic mass is 32.2. The van der Waals surface area contributed by atoms with Crippen LogP contribution in [0.4, 0.5) is 10.3 Å². The molecule has 2 atom stereocenters. The largest absolute Gasteiger partial charge is 0.494 e. The topological polar surface area (TPSA) is 149 Å². The number of aryl methyl sites for hydroxylation is 1. The fourth-order valence-corrected chi connectivity index (χ4v) is 5.03. The number of methoxy groups -OCH3 is 2. The molecule has 2 unspecified atom stereocenters. The third-order valence-corrected chi connectivity index (χ3v) is 7.71. The summed E-state index contributed by atoms with van der Waals surface area (Å²) in [4.78, 5) is 0. The zero-order chi connectivity index (χ0) is 27.6. The molecule has 2 heterocycles. The van der Waals surface area contributed by atoms with E-state index >= 15 is 0 Å². The van der Waals surface area contributed by atoms with Crippen LogP contribution in [-0.4, -0.2) is 52.9 Å². The van der Waals surface area contributed by atoms with Gasteiger partial charge in [0.05, 0.1) is 26.9 Å². The number of para-hydroxylation sites is 1. The number of aliphatic hydroxyl groups excluding tert-OH is 2. The van der Waals surface area contributed by atoms with Crippen LogP contribution in [0.5, 0.6) is 11.5 Å². The van der Waals surface area contributed by atoms with E-state index in [4.69, 9.17) is 13.9 Å². The summed E-state index contributed by atoms with van der Waals surface area (Å²) in [5.74, 6) is 0.880. The van der Waals surface area contributed by atoms with Crippen LogP contribution >= 0.6 is 0 Å². The van der Waals surface area contributed by atoms with E-state index in [1.165, 1.54) is 31.8 Å². The maximum Gasteiger partial charge on any atom is 0.243 e. The average Bonchev–Trinajstić information content (AvgIpc) is 3.52. The smallest absolute Gasteiger partial charge is 0.243 e. The third-order valence-electron chi connectivity index (χ3n) is 6.01. The molecule has 13 heteroatoms. The summed E-state index contributed by atoms with van der Waals surface area (Å²) in [7, 11) is -1.45. The molecule has 38 heavy (non-hydrogen) atoms. The van der Waals surface area contributed by atoms with Crippen molar-refractivity contribution in [3.63, 3.8) is 0 Å². The molecule has 4 aromatic rings. The van der Waals surface area contributed by atoms with E-state index in [0.29, 0.717) is 28.7 Å². The average molecular weight is 547 g/mol. The summed E-state index contributed by atoms with van der Waals surface area (Å²) in [6, 6.07) is 11.7. The van der Waals surface area contributed by atoms with Crippen molar-refractivity contribution in [2.45, 2.75) is 31.8 Å². The Balaban J connectivity index is 1.81. The monoisotopic (exact) mass is 546 g/mol. The SMILES string of the molecule is COc1cccc(OC)c1-n1c(NS(=O)(=O)C(C)C(O)c2ccc(F)cc2CO)nnc1-c1ccc(C)o1. The molecule has 0 aliphatic rings. The number of anilines is 1. The summed E-state index contributed by atoms with van der Waals surface area (Å²) >= 11 is 0. The van der Waals surface area contributed by atoms with Crippen molar-refractivity contribution in [1.29, 1.82) is 0 Å². The van der Waals surface area contributed by atoms with Gasteiger partial charge in [0.15, 0.2) is 5.76 Å². The second kappa shape index (κ2) is 10.8. The maximum atomic E-state index is 13.6. The molecular formula is C25H27FN4O7S. The number of nitrogens with one attached hydrogen (secondary N) is 1. The van der Waals surface area contributed by atoms with Crippen molar-refractivity contribution < 1.29 is 36.9 Å². The Labute approximate surface area is 218 Å². The molecule has 0 saturated carbocycles. The van der Waals surface area contributed by atoms with E-state index in [0.717, 1.165) is 12.1 Å². The highest BCUT2D eigenvalue weighted by molar-refractivity contribution is 7.93. The van der Waals surface area contributed by atoms with Crippen LogP contribution in [0.1, 0.15) is 29.9 Å². The number of aromatic nitrogens is 3. The van der Waals surface area contributed by atoms with Gasteiger partial charge in [-0.15, -0.1) is 10.2 Å². The van der Waals surface area contributed by atoms with Gasteiger partial charge >= 0.3 is 0 Å². The van der Waals surface area contributed by atoms with E-state index in [1.54, 1.807) is 37.3 Å². The fourth-order valence-electron chi connectivity index (χ4n) is 3.97. The van der Waals surface area contributed by atoms with Crippen LogP contribution in [-0.2, 0) is 16.6 Å². The van der Waals surface area contributed by atoms with Crippen molar-refractivity contribution in [2.75, 3.05) is 18.9 Å². The highest BCUT2D eigenvalue weighted by Gasteiger charge is 2.33. The summed E-state index contributed by atoms with van der Waals surface area (Å²) < 4.78 is 61.0. The summed E-state index contributed by atoms with van der Waals surface area (Å²) in [6.45, 7) is 2.44. The summed E-state index contributed by atoms with van der Waals surface area (Å²) in [6.07, 6.45) is -1.60. The van der Waals surface area contributed by atoms with Crippen LogP contribution in [0.15, 0.2) is 52.9 Å². The standard InChI is InChI=1S/C25H27FN4O7S/c1-14-8-11-21(37-14)24-27-28-25(30(24)22-19(35-3)6-5-7-20(22)36-4)29-38(33,34)15(2)23(32)18-10-9-17(26)12-16(18)13-31/h5-12,15,23,31-32H,13H2,1-4H3,(H,28,29). The van der Waals surface area contributed by atoms with Gasteiger partial charge < -0.3 is 24.1 Å². The van der Waals surface area contributed by atoms with E-state index in [1.807, 2.05) is 0 Å². The fraction of sp³-hybridized carbons (Fsp3) is 0.280. The molecule has 0 saturated heterocycles. The molecule has 3 N–H and O–H groups in total. The first kappa shape index (κ1) is 27.1. The Morgan fingerprint density at radius 1 is 1.11 bits per heavy atom. The molecule has 2 aromatic heterocycles. The van der Waals surface area contributed by atoms with E-state index in [2.05, 4.69) is 14.9 Å². The zero-order valence-corrected chi connectivity index (χ0v) is 21.9. The minimum absolute atomic E-state index is 0.0666. The number of hydrogen-bond acceptors (Lipinski definition) is 9. The molecule has 0 aliphatic heterocycles. The van der Waals surface area contributed by atoms with E-state index in [9.17, 15) is 23.0 Å². The molecule has 11 nitrogen and oxygen atoms in total. The van der Waals surface area contributed by atoms with Gasteiger partial charge in [-0.25, -0.2) is 12.8 Å². The number of aliphatic hydroxyl groups is 2. The van der Waals surface area contributed by atoms with Crippen LogP contribution in [0.2, 0.25) is 0 Å². The number of nitrogens with zero attached hydrogens (tertiary/aromatic N) is 3. The number of benzene rings is 2. The number of sulfonamides is 1. The Morgan fingerprint density at radius 3 is 2.37 bits per heavy atom. The minimum atomic E-state index is -4.34. The molecule has 0 fully saturated rings. The molecule has 2 aromatic carbocycles. The van der Waals surface area contributed by atoms with Gasteiger partial charge in [0.2, 0.25) is 21.8 Å². The van der Waals surface area contributed by atoms with Crippen molar-refractivity contribution >= 4 is 16.0 Å². The number of furan rings is 1. The van der Waals surface area contributed by atoms with Crippen molar-refractivity contribution in [2.24, 2.45) is 0 Å². The Hall–Kier alpha value is -3.94. The van der Waals surface area contributed by atoms with Crippen molar-refractivity contribution in [1.82, 2.24) is 14.8 Å². The summed E-state index contributed by atoms with van der Waals surface area (Å²) in [5, 5.41) is 27.2. The lowest BCUT2D eigenvalue weighted by atomic mass is 10.0. The number of hydrogen-bond donors (Lipinski definition) is 3. The van der Waals surface area contributed by atoms with Gasteiger partial charge in [-0.05, 0) is 61.4 Å². The first-order valence-corrected chi connectivity index (χ1v) is 13.0. The molecule has 0 spiro atoms. The number of ether oxygens (including phenoxy) is 2. The zero-order valence-electron chi connectivity index (χ0n) is 21.0. The Bertz CT molecular complexity index is 1530. The first-order valence-electron chi connectivity index (χ1n) is 11.4. The lowest BCUT2D eigenvalue weighted by Crippen LogP contribution is -2.32. The predicted octanol–water partition coefficient (Wildman–Crippen LogP) is 3.35. The van der Waals surface area contributed by atoms with Gasteiger partial charge in [-0.1, -0.05) is 12.1 Å². The summed E-state index contributed by atoms with van der Waals surface area (Å²) in [5.41, 5.74) is 0.446. The van der Waals surface area contributed by atoms with E-state index < -0.39 is 33.8 Å². The second-order valence-electron chi connectivity index (χ2n) is 8.40. The van der Waals surface area contributed by atoms with Gasteiger partial charge in [0, 0.05) is 0 Å². The molecule has 0 bridgehead atoms. The maximum absolute atomic E-state index is 13.6. The van der Waals surface area contributed by atoms with Crippen LogP contribution < -0.4 is 14.2 Å². The third kappa shape index (κ3) is 5.08. The normalized spacial score (nSPS) is 13.2. The van der Waals surface area contributed by atoms with Gasteiger partial charge in [0.25, 0.3) is 0 Å². The van der Waals surface area contributed by atoms with Crippen molar-refractivity contribution in [3.8, 4) is 28.8 Å². The van der Waals surface area contributed by atoms with Crippen LogP contribution in [0.25, 0.3) is 17.3 Å². The first-order chi connectivity index (χ1) is 18.1. The van der Waals surface area contributed by atoms with Gasteiger partial charge in [-0.3, -0.25) is 9.29 Å². The predicted molar refractivity (Wildman–Crippen MR) is 136 cm³/mol. The molecule has 4 rings (SSSR count). The van der Waals surface area contributed by atoms with E-state index in [-0.39, 0.29) is 22.9 Å². The Kier molecular flexibility index (Phi) is 7.71. The molecule has 0 radical (unpaired) electrons. The lowest BCUT2D eigenvalue weighted by Gasteiger charge is -2.23. The number of rotatable bonds is 10. The molecule has 202 valence electrons. The highest BCUT2D eigenvalue weighted by Crippen LogP contribution is 2.38. The lowest BCUT2D eigenvalue weighted by molar-refractivity contribution is 0.171. The minimum Gasteiger partial charge on any atom is -0.494 e. The van der Waals surface area contributed by atoms with Crippen LogP contribution in [0.3, 0.4) is 0 Å². The quantitative estimate of drug-likeness (QED) is 0.272. The molecule has 0 aliphatic carbocycles. The van der Waals surface area contributed by atoms with Gasteiger partial charge in [0.1, 0.15) is 34.0 Å². The van der Waals surface area contributed by atoms with Crippen LogP contribution in [0, 0.1) is 12.7 Å². The van der Waals surface area contributed by atoms with Gasteiger partial charge in [-0.2, -0.15) is 0 Å². The Morgan fingerprint density at radius 2 is 1.79 bits per heavy atom.